The summed E-state index contributed by atoms with van der Waals surface area (Å²) in [5, 5.41) is 4.75. The normalized spacial score (nSPS) is 13.8. The van der Waals surface area contributed by atoms with E-state index in [0.29, 0.717) is 24.7 Å². The monoisotopic (exact) mass is 372 g/mol. The van der Waals surface area contributed by atoms with Crippen molar-refractivity contribution in [3.05, 3.63) is 58.6 Å². The molecular weight excluding hydrogens is 348 g/mol. The van der Waals surface area contributed by atoms with Gasteiger partial charge in [0.1, 0.15) is 5.82 Å². The van der Waals surface area contributed by atoms with E-state index in [1.807, 2.05) is 29.9 Å². The molecule has 1 aliphatic rings. The van der Waals surface area contributed by atoms with Crippen LogP contribution in [0.2, 0.25) is 0 Å². The van der Waals surface area contributed by atoms with Gasteiger partial charge in [0, 0.05) is 19.0 Å². The fraction of sp³-hybridized carbons (Fsp3) is 0.421. The molecule has 1 fully saturated rings. The fourth-order valence-electron chi connectivity index (χ4n) is 2.95. The lowest BCUT2D eigenvalue weighted by Gasteiger charge is -2.16. The molecule has 0 amide bonds. The van der Waals surface area contributed by atoms with E-state index in [-0.39, 0.29) is 5.97 Å². The summed E-state index contributed by atoms with van der Waals surface area (Å²) in [7, 11) is 3.41. The number of carbonyl (C=O) groups is 1. The molecule has 2 aromatic rings. The number of rotatable bonds is 8. The van der Waals surface area contributed by atoms with Gasteiger partial charge in [-0.3, -0.25) is 9.47 Å². The molecule has 0 atom stereocenters. The fourth-order valence-corrected chi connectivity index (χ4v) is 3.22. The molecule has 0 saturated heterocycles. The Morgan fingerprint density at radius 2 is 2.12 bits per heavy atom. The third-order valence-corrected chi connectivity index (χ3v) is 4.84. The predicted molar refractivity (Wildman–Crippen MR) is 102 cm³/mol. The molecule has 1 aromatic carbocycles. The molecule has 3 rings (SSSR count). The van der Waals surface area contributed by atoms with Gasteiger partial charge >= 0.3 is 5.97 Å². The summed E-state index contributed by atoms with van der Waals surface area (Å²) < 4.78 is 9.43. The van der Waals surface area contributed by atoms with Crippen LogP contribution in [-0.4, -0.2) is 39.4 Å². The number of allylic oxidation sites excluding steroid dienone is 1. The highest BCUT2D eigenvalue weighted by atomic mass is 32.1. The summed E-state index contributed by atoms with van der Waals surface area (Å²) in [5.41, 5.74) is 1.66. The van der Waals surface area contributed by atoms with Crippen molar-refractivity contribution >= 4 is 18.2 Å². The quantitative estimate of drug-likeness (QED) is 0.404. The van der Waals surface area contributed by atoms with Gasteiger partial charge in [-0.25, -0.2) is 9.48 Å². The Balaban J connectivity index is 1.69. The van der Waals surface area contributed by atoms with Crippen molar-refractivity contribution < 1.29 is 9.53 Å². The summed E-state index contributed by atoms with van der Waals surface area (Å²) in [5.74, 6) is 1.29. The minimum absolute atomic E-state index is 0.323. The van der Waals surface area contributed by atoms with Crippen molar-refractivity contribution in [3.63, 3.8) is 0 Å². The zero-order valence-corrected chi connectivity index (χ0v) is 16.0. The Hall–Kier alpha value is -2.25. The third-order valence-electron chi connectivity index (χ3n) is 4.41. The second-order valence-electron chi connectivity index (χ2n) is 6.66. The number of benzene rings is 1. The van der Waals surface area contributed by atoms with E-state index in [4.69, 9.17) is 22.1 Å². The number of aromatic nitrogens is 3. The molecule has 26 heavy (non-hydrogen) atoms. The van der Waals surface area contributed by atoms with E-state index in [1.165, 1.54) is 20.0 Å². The van der Waals surface area contributed by atoms with Gasteiger partial charge in [0.05, 0.1) is 19.3 Å². The van der Waals surface area contributed by atoms with Crippen LogP contribution in [0.5, 0.6) is 0 Å². The second kappa shape index (κ2) is 7.97. The van der Waals surface area contributed by atoms with E-state index in [9.17, 15) is 4.79 Å². The Kier molecular flexibility index (Phi) is 5.68. The van der Waals surface area contributed by atoms with Crippen LogP contribution in [0.25, 0.3) is 0 Å². The van der Waals surface area contributed by atoms with Crippen LogP contribution in [0.3, 0.4) is 0 Å². The van der Waals surface area contributed by atoms with Crippen molar-refractivity contribution in [3.8, 4) is 0 Å². The van der Waals surface area contributed by atoms with Crippen LogP contribution in [0, 0.1) is 4.77 Å². The zero-order chi connectivity index (χ0) is 18.7. The first kappa shape index (κ1) is 18.5. The van der Waals surface area contributed by atoms with Gasteiger partial charge < -0.3 is 4.74 Å². The molecule has 6 nitrogen and oxygen atoms in total. The summed E-state index contributed by atoms with van der Waals surface area (Å²) in [6.07, 6.45) is 4.23. The van der Waals surface area contributed by atoms with Gasteiger partial charge in [-0.2, -0.15) is 5.10 Å². The number of nitrogens with zero attached hydrogens (tertiary/aromatic N) is 4. The van der Waals surface area contributed by atoms with Crippen LogP contribution in [0.1, 0.15) is 40.5 Å². The molecule has 1 saturated carbocycles. The van der Waals surface area contributed by atoms with E-state index in [1.54, 1.807) is 12.1 Å². The molecule has 0 unspecified atom stereocenters. The first-order chi connectivity index (χ1) is 12.5. The minimum atomic E-state index is -0.323. The Labute approximate surface area is 158 Å². The number of hydrogen-bond donors (Lipinski definition) is 0. The average Bonchev–Trinajstić information content (AvgIpc) is 3.43. The molecular formula is C19H24N4O2S. The lowest BCUT2D eigenvalue weighted by atomic mass is 10.1. The lowest BCUT2D eigenvalue weighted by molar-refractivity contribution is 0.0600. The molecule has 0 N–H and O–H groups in total. The van der Waals surface area contributed by atoms with Crippen LogP contribution < -0.4 is 0 Å². The molecule has 1 aliphatic carbocycles. The molecule has 0 aliphatic heterocycles. The SMILES string of the molecule is C=CCn1c(C2CC2)nn(CN(C)Cc2ccc(C(=O)OC)cc2)c1=S. The highest BCUT2D eigenvalue weighted by molar-refractivity contribution is 7.71. The van der Waals surface area contributed by atoms with Gasteiger partial charge in [0.2, 0.25) is 0 Å². The summed E-state index contributed by atoms with van der Waals surface area (Å²) >= 11 is 5.61. The molecule has 7 heteroatoms. The van der Waals surface area contributed by atoms with Crippen LogP contribution in [-0.2, 0) is 24.5 Å². The number of esters is 1. The van der Waals surface area contributed by atoms with E-state index in [2.05, 4.69) is 16.0 Å². The largest absolute Gasteiger partial charge is 0.465 e. The maximum absolute atomic E-state index is 11.5. The average molecular weight is 372 g/mol. The highest BCUT2D eigenvalue weighted by Gasteiger charge is 2.29. The predicted octanol–water partition coefficient (Wildman–Crippen LogP) is 3.35. The lowest BCUT2D eigenvalue weighted by Crippen LogP contribution is -2.22. The first-order valence-corrected chi connectivity index (χ1v) is 9.08. The number of carbonyl (C=O) groups excluding carboxylic acids is 1. The van der Waals surface area contributed by atoms with Crippen molar-refractivity contribution in [2.24, 2.45) is 0 Å². The molecule has 0 bridgehead atoms. The zero-order valence-electron chi connectivity index (χ0n) is 15.2. The number of ether oxygens (including phenoxy) is 1. The Morgan fingerprint density at radius 1 is 1.42 bits per heavy atom. The van der Waals surface area contributed by atoms with Crippen LogP contribution in [0.4, 0.5) is 0 Å². The van der Waals surface area contributed by atoms with Crippen molar-refractivity contribution in [2.45, 2.75) is 38.5 Å². The minimum Gasteiger partial charge on any atom is -0.465 e. The third kappa shape index (κ3) is 4.11. The smallest absolute Gasteiger partial charge is 0.337 e. The topological polar surface area (TPSA) is 52.3 Å². The highest BCUT2D eigenvalue weighted by Crippen LogP contribution is 2.39. The molecule has 138 valence electrons. The molecule has 1 aromatic heterocycles. The number of hydrogen-bond acceptors (Lipinski definition) is 5. The van der Waals surface area contributed by atoms with Crippen molar-refractivity contribution in [1.29, 1.82) is 0 Å². The van der Waals surface area contributed by atoms with Crippen molar-refractivity contribution in [2.75, 3.05) is 14.2 Å². The maximum atomic E-state index is 11.5. The van der Waals surface area contributed by atoms with Crippen LogP contribution in [0.15, 0.2) is 36.9 Å². The van der Waals surface area contributed by atoms with E-state index in [0.717, 1.165) is 22.7 Å². The number of methoxy groups -OCH3 is 1. The van der Waals surface area contributed by atoms with Gasteiger partial charge in [0.25, 0.3) is 0 Å². The summed E-state index contributed by atoms with van der Waals surface area (Å²) in [6.45, 7) is 5.86. The second-order valence-corrected chi connectivity index (χ2v) is 7.02. The molecule has 0 radical (unpaired) electrons. The summed E-state index contributed by atoms with van der Waals surface area (Å²) in [4.78, 5) is 13.7. The Morgan fingerprint density at radius 3 is 2.69 bits per heavy atom. The van der Waals surface area contributed by atoms with Crippen molar-refractivity contribution in [1.82, 2.24) is 19.2 Å². The van der Waals surface area contributed by atoms with Crippen LogP contribution >= 0.6 is 12.2 Å². The molecule has 1 heterocycles. The first-order valence-electron chi connectivity index (χ1n) is 8.67. The van der Waals surface area contributed by atoms with E-state index < -0.39 is 0 Å². The van der Waals surface area contributed by atoms with Gasteiger partial charge in [0.15, 0.2) is 4.77 Å². The standard InChI is InChI=1S/C19H24N4O2S/c1-4-11-22-17(15-9-10-15)20-23(19(22)26)13-21(2)12-14-5-7-16(8-6-14)18(24)25-3/h4-8,15H,1,9-13H2,2-3H3. The summed E-state index contributed by atoms with van der Waals surface area (Å²) in [6, 6.07) is 7.44. The maximum Gasteiger partial charge on any atom is 0.337 e. The molecule has 0 spiro atoms. The van der Waals surface area contributed by atoms with Gasteiger partial charge in [-0.1, -0.05) is 18.2 Å². The van der Waals surface area contributed by atoms with E-state index >= 15 is 0 Å². The Bertz CT molecular complexity index is 849. The van der Waals surface area contributed by atoms with Gasteiger partial charge in [-0.15, -0.1) is 6.58 Å². The van der Waals surface area contributed by atoms with Gasteiger partial charge in [-0.05, 0) is 49.8 Å².